The smallest absolute Gasteiger partial charge is 0.237 e. The predicted octanol–water partition coefficient (Wildman–Crippen LogP) is 1.58. The molecule has 0 saturated carbocycles. The van der Waals surface area contributed by atoms with E-state index in [1.54, 1.807) is 19.2 Å². The van der Waals surface area contributed by atoms with Gasteiger partial charge in [0.05, 0.1) is 12.1 Å². The number of hydrogen-bond donors (Lipinski definition) is 2. The number of nitrogens with zero attached hydrogens (tertiary/aromatic N) is 1. The molecule has 1 aromatic rings. The lowest BCUT2D eigenvalue weighted by Gasteiger charge is -2.25. The number of carbonyl (C=O) groups excluding carboxylic acids is 1. The average molecular weight is 283 g/mol. The third kappa shape index (κ3) is 3.47. The molecule has 1 aromatic carbocycles. The first-order chi connectivity index (χ1) is 9.11. The van der Waals surface area contributed by atoms with Gasteiger partial charge in [0.2, 0.25) is 5.91 Å². The number of aliphatic hydroxyl groups is 1. The minimum Gasteiger partial charge on any atom is -0.387 e. The highest BCUT2D eigenvalue weighted by Crippen LogP contribution is 2.23. The molecule has 1 fully saturated rings. The van der Waals surface area contributed by atoms with Gasteiger partial charge in [-0.25, -0.2) is 0 Å². The van der Waals surface area contributed by atoms with E-state index in [0.717, 1.165) is 24.9 Å². The molecule has 0 aliphatic carbocycles. The quantitative estimate of drug-likeness (QED) is 0.882. The molecule has 0 bridgehead atoms. The highest BCUT2D eigenvalue weighted by molar-refractivity contribution is 6.30. The van der Waals surface area contributed by atoms with Crippen LogP contribution >= 0.6 is 11.6 Å². The van der Waals surface area contributed by atoms with Crippen LogP contribution in [0.4, 0.5) is 0 Å². The van der Waals surface area contributed by atoms with Gasteiger partial charge in [-0.2, -0.15) is 0 Å². The molecule has 0 radical (unpaired) electrons. The van der Waals surface area contributed by atoms with Crippen molar-refractivity contribution in [3.63, 3.8) is 0 Å². The van der Waals surface area contributed by atoms with E-state index in [0.29, 0.717) is 11.6 Å². The molecule has 5 heteroatoms. The number of nitrogens with one attached hydrogen (secondary N) is 1. The van der Waals surface area contributed by atoms with Crippen molar-refractivity contribution in [2.45, 2.75) is 25.0 Å². The molecular weight excluding hydrogens is 264 g/mol. The first-order valence-corrected chi connectivity index (χ1v) is 6.89. The lowest BCUT2D eigenvalue weighted by molar-refractivity contribution is -0.125. The molecule has 0 aromatic heterocycles. The van der Waals surface area contributed by atoms with Crippen molar-refractivity contribution in [1.29, 1.82) is 0 Å². The van der Waals surface area contributed by atoms with E-state index < -0.39 is 6.10 Å². The molecular formula is C14H19ClN2O2. The van der Waals surface area contributed by atoms with Crippen LogP contribution in [-0.4, -0.2) is 42.1 Å². The van der Waals surface area contributed by atoms with E-state index >= 15 is 0 Å². The first kappa shape index (κ1) is 14.3. The summed E-state index contributed by atoms with van der Waals surface area (Å²) in [6, 6.07) is 7.08. The van der Waals surface area contributed by atoms with Crippen LogP contribution in [0.25, 0.3) is 0 Å². The fraction of sp³-hybridized carbons (Fsp3) is 0.500. The Morgan fingerprint density at radius 1 is 1.63 bits per heavy atom. The van der Waals surface area contributed by atoms with Crippen LogP contribution in [0.15, 0.2) is 24.3 Å². The number of halogens is 1. The second-order valence-electron chi connectivity index (χ2n) is 4.84. The highest BCUT2D eigenvalue weighted by atomic mass is 35.5. The van der Waals surface area contributed by atoms with Gasteiger partial charge < -0.3 is 10.4 Å². The second-order valence-corrected chi connectivity index (χ2v) is 5.27. The zero-order valence-corrected chi connectivity index (χ0v) is 11.7. The summed E-state index contributed by atoms with van der Waals surface area (Å²) >= 11 is 5.92. The highest BCUT2D eigenvalue weighted by Gasteiger charge is 2.31. The molecule has 2 rings (SSSR count). The SMILES string of the molecule is CNC(=O)[C@H]1CCCN1C[C@H](O)c1cccc(Cl)c1. The number of benzene rings is 1. The largest absolute Gasteiger partial charge is 0.387 e. The number of carbonyl (C=O) groups is 1. The van der Waals surface area contributed by atoms with E-state index in [1.807, 2.05) is 17.0 Å². The second kappa shape index (κ2) is 6.37. The van der Waals surface area contributed by atoms with Gasteiger partial charge in [0.15, 0.2) is 0 Å². The fourth-order valence-corrected chi connectivity index (χ4v) is 2.75. The summed E-state index contributed by atoms with van der Waals surface area (Å²) in [5.74, 6) is 0.0239. The van der Waals surface area contributed by atoms with Gasteiger partial charge in [0.1, 0.15) is 0 Å². The normalized spacial score (nSPS) is 21.3. The fourth-order valence-electron chi connectivity index (χ4n) is 2.55. The van der Waals surface area contributed by atoms with Crippen molar-refractivity contribution in [3.8, 4) is 0 Å². The molecule has 2 N–H and O–H groups in total. The van der Waals surface area contributed by atoms with E-state index in [1.165, 1.54) is 0 Å². The molecule has 1 amide bonds. The third-order valence-electron chi connectivity index (χ3n) is 3.55. The molecule has 0 unspecified atom stereocenters. The van der Waals surface area contributed by atoms with Crippen LogP contribution < -0.4 is 5.32 Å². The van der Waals surface area contributed by atoms with Gasteiger partial charge >= 0.3 is 0 Å². The van der Waals surface area contributed by atoms with Crippen LogP contribution in [0.2, 0.25) is 5.02 Å². The average Bonchev–Trinajstić information content (AvgIpc) is 2.86. The Kier molecular flexibility index (Phi) is 4.80. The van der Waals surface area contributed by atoms with Crippen LogP contribution in [0.3, 0.4) is 0 Å². The maximum absolute atomic E-state index is 11.7. The van der Waals surface area contributed by atoms with Gasteiger partial charge in [0, 0.05) is 18.6 Å². The summed E-state index contributed by atoms with van der Waals surface area (Å²) in [6.45, 7) is 1.30. The van der Waals surface area contributed by atoms with Gasteiger partial charge in [0.25, 0.3) is 0 Å². The van der Waals surface area contributed by atoms with Gasteiger partial charge in [-0.3, -0.25) is 9.69 Å². The molecule has 1 heterocycles. The monoisotopic (exact) mass is 282 g/mol. The molecule has 19 heavy (non-hydrogen) atoms. The number of rotatable bonds is 4. The lowest BCUT2D eigenvalue weighted by Crippen LogP contribution is -2.43. The first-order valence-electron chi connectivity index (χ1n) is 6.51. The van der Waals surface area contributed by atoms with Crippen LogP contribution in [-0.2, 0) is 4.79 Å². The molecule has 1 aliphatic rings. The van der Waals surface area contributed by atoms with E-state index in [2.05, 4.69) is 5.32 Å². The summed E-state index contributed by atoms with van der Waals surface area (Å²) < 4.78 is 0. The summed E-state index contributed by atoms with van der Waals surface area (Å²) in [6.07, 6.45) is 1.21. The molecule has 104 valence electrons. The van der Waals surface area contributed by atoms with Gasteiger partial charge in [-0.15, -0.1) is 0 Å². The van der Waals surface area contributed by atoms with Crippen LogP contribution in [0, 0.1) is 0 Å². The van der Waals surface area contributed by atoms with E-state index in [-0.39, 0.29) is 11.9 Å². The topological polar surface area (TPSA) is 52.6 Å². The number of aliphatic hydroxyl groups excluding tert-OH is 1. The van der Waals surface area contributed by atoms with E-state index in [9.17, 15) is 9.90 Å². The van der Waals surface area contributed by atoms with Crippen molar-refractivity contribution < 1.29 is 9.90 Å². The third-order valence-corrected chi connectivity index (χ3v) is 3.79. The Labute approximate surface area is 118 Å². The van der Waals surface area contributed by atoms with Crippen LogP contribution in [0.1, 0.15) is 24.5 Å². The number of likely N-dealkylation sites (N-methyl/N-ethyl adjacent to an activating group) is 1. The Morgan fingerprint density at radius 3 is 3.11 bits per heavy atom. The number of hydrogen-bond acceptors (Lipinski definition) is 3. The standard InChI is InChI=1S/C14H19ClN2O2/c1-16-14(19)12-6-3-7-17(12)9-13(18)10-4-2-5-11(15)8-10/h2,4-5,8,12-13,18H,3,6-7,9H2,1H3,(H,16,19)/t12-,13+/m1/s1. The predicted molar refractivity (Wildman–Crippen MR) is 75.1 cm³/mol. The molecule has 1 saturated heterocycles. The maximum Gasteiger partial charge on any atom is 0.237 e. The Bertz CT molecular complexity index is 453. The van der Waals surface area contributed by atoms with Crippen molar-refractivity contribution in [1.82, 2.24) is 10.2 Å². The summed E-state index contributed by atoms with van der Waals surface area (Å²) in [5, 5.41) is 13.5. The zero-order valence-electron chi connectivity index (χ0n) is 11.0. The van der Waals surface area contributed by atoms with Crippen molar-refractivity contribution in [2.24, 2.45) is 0 Å². The Morgan fingerprint density at radius 2 is 2.42 bits per heavy atom. The lowest BCUT2D eigenvalue weighted by atomic mass is 10.1. The number of amides is 1. The van der Waals surface area contributed by atoms with Crippen molar-refractivity contribution >= 4 is 17.5 Å². The van der Waals surface area contributed by atoms with Crippen molar-refractivity contribution in [3.05, 3.63) is 34.9 Å². The van der Waals surface area contributed by atoms with Gasteiger partial charge in [-0.1, -0.05) is 23.7 Å². The number of β-amino-alcohol motifs (C(OH)–C–C–N with tert-alkyl or cyclic N) is 1. The molecule has 4 nitrogen and oxygen atoms in total. The zero-order chi connectivity index (χ0) is 13.8. The summed E-state index contributed by atoms with van der Waals surface area (Å²) in [5.41, 5.74) is 0.787. The molecule has 1 aliphatic heterocycles. The molecule has 0 spiro atoms. The molecule has 2 atom stereocenters. The minimum atomic E-state index is -0.621. The van der Waals surface area contributed by atoms with Crippen molar-refractivity contribution in [2.75, 3.05) is 20.1 Å². The van der Waals surface area contributed by atoms with E-state index in [4.69, 9.17) is 11.6 Å². The minimum absolute atomic E-state index is 0.0239. The Hall–Kier alpha value is -1.10. The van der Waals surface area contributed by atoms with Gasteiger partial charge in [-0.05, 0) is 37.1 Å². The maximum atomic E-state index is 11.7. The van der Waals surface area contributed by atoms with Crippen LogP contribution in [0.5, 0.6) is 0 Å². The summed E-state index contributed by atoms with van der Waals surface area (Å²) in [7, 11) is 1.65. The summed E-state index contributed by atoms with van der Waals surface area (Å²) in [4.78, 5) is 13.8. The number of likely N-dealkylation sites (tertiary alicyclic amines) is 1. The Balaban J connectivity index is 2.02.